The van der Waals surface area contributed by atoms with Crippen LogP contribution in [0.4, 0.5) is 0 Å². The third-order valence-corrected chi connectivity index (χ3v) is 5.16. The highest BCUT2D eigenvalue weighted by Gasteiger charge is 2.29. The highest BCUT2D eigenvalue weighted by molar-refractivity contribution is 6.36. The van der Waals surface area contributed by atoms with Gasteiger partial charge in [0.05, 0.1) is 0 Å². The Bertz CT molecular complexity index is 892. The Morgan fingerprint density at radius 3 is 2.23 bits per heavy atom. The molecule has 2 rings (SSSR count). The van der Waals surface area contributed by atoms with Gasteiger partial charge in [0.1, 0.15) is 11.8 Å². The summed E-state index contributed by atoms with van der Waals surface area (Å²) in [6.45, 7) is 7.07. The first kappa shape index (κ1) is 24.3. The van der Waals surface area contributed by atoms with E-state index in [1.807, 2.05) is 20.8 Å². The number of carbonyl (C=O) groups is 2. The zero-order chi connectivity index (χ0) is 22.5. The maximum absolute atomic E-state index is 13.0. The number of nitrogens with zero attached hydrogens (tertiary/aromatic N) is 1. The average molecular weight is 472 g/mol. The molecule has 0 aliphatic rings. The van der Waals surface area contributed by atoms with Gasteiger partial charge in [0, 0.05) is 32.7 Å². The number of ether oxygens (including phenoxy) is 1. The van der Waals surface area contributed by atoms with Crippen molar-refractivity contribution in [1.82, 2.24) is 10.2 Å². The van der Waals surface area contributed by atoms with E-state index in [2.05, 4.69) is 5.32 Å². The minimum atomic E-state index is -0.771. The molecule has 30 heavy (non-hydrogen) atoms. The summed E-state index contributed by atoms with van der Waals surface area (Å²) in [4.78, 5) is 27.2. The molecule has 1 N–H and O–H groups in total. The second-order valence-electron chi connectivity index (χ2n) is 7.88. The van der Waals surface area contributed by atoms with Crippen molar-refractivity contribution in [2.75, 3.05) is 6.61 Å². The first-order chi connectivity index (χ1) is 14.0. The number of hydrogen-bond donors (Lipinski definition) is 1. The summed E-state index contributed by atoms with van der Waals surface area (Å²) in [6.07, 6.45) is 0. The molecule has 0 radical (unpaired) electrons. The lowest BCUT2D eigenvalue weighted by Gasteiger charge is -2.31. The molecule has 0 aliphatic heterocycles. The van der Waals surface area contributed by atoms with E-state index >= 15 is 0 Å². The molecule has 0 saturated carbocycles. The summed E-state index contributed by atoms with van der Waals surface area (Å²) < 4.78 is 5.59. The molecule has 0 aliphatic carbocycles. The first-order valence-electron chi connectivity index (χ1n) is 9.40. The van der Waals surface area contributed by atoms with Crippen LogP contribution in [0.3, 0.4) is 0 Å². The molecule has 0 spiro atoms. The van der Waals surface area contributed by atoms with E-state index in [0.29, 0.717) is 26.4 Å². The van der Waals surface area contributed by atoms with Crippen molar-refractivity contribution in [2.45, 2.75) is 45.8 Å². The molecule has 2 amide bonds. The SMILES string of the molecule is CC(C(=O)NC(C)(C)C)N(Cc1c(Cl)cccc1Cl)C(=O)COc1cccc(Cl)c1. The lowest BCUT2D eigenvalue weighted by molar-refractivity contribution is -0.142. The van der Waals surface area contributed by atoms with Gasteiger partial charge in [0.15, 0.2) is 6.61 Å². The number of halogens is 3. The molecule has 5 nitrogen and oxygen atoms in total. The predicted molar refractivity (Wildman–Crippen MR) is 121 cm³/mol. The number of amides is 2. The third kappa shape index (κ3) is 7.08. The van der Waals surface area contributed by atoms with E-state index < -0.39 is 11.6 Å². The van der Waals surface area contributed by atoms with Crippen molar-refractivity contribution in [1.29, 1.82) is 0 Å². The van der Waals surface area contributed by atoms with Crippen LogP contribution < -0.4 is 10.1 Å². The van der Waals surface area contributed by atoms with Crippen molar-refractivity contribution >= 4 is 46.6 Å². The van der Waals surface area contributed by atoms with Crippen molar-refractivity contribution in [3.63, 3.8) is 0 Å². The summed E-state index contributed by atoms with van der Waals surface area (Å²) in [5.74, 6) is -0.220. The van der Waals surface area contributed by atoms with Gasteiger partial charge in [0.25, 0.3) is 5.91 Å². The highest BCUT2D eigenvalue weighted by atomic mass is 35.5. The van der Waals surface area contributed by atoms with E-state index in [4.69, 9.17) is 39.5 Å². The Kier molecular flexibility index (Phi) is 8.42. The minimum absolute atomic E-state index is 0.0645. The molecular weight excluding hydrogens is 447 g/mol. The molecule has 1 unspecified atom stereocenters. The van der Waals surface area contributed by atoms with Crippen LogP contribution in [0.2, 0.25) is 15.1 Å². The molecule has 1 atom stereocenters. The van der Waals surface area contributed by atoms with Crippen molar-refractivity contribution in [3.05, 3.63) is 63.1 Å². The molecular formula is C22H25Cl3N2O3. The van der Waals surface area contributed by atoms with E-state index in [1.165, 1.54) is 4.90 Å². The molecule has 0 aromatic heterocycles. The van der Waals surface area contributed by atoms with E-state index in [-0.39, 0.29) is 25.0 Å². The lowest BCUT2D eigenvalue weighted by Crippen LogP contribution is -2.53. The van der Waals surface area contributed by atoms with Crippen LogP contribution in [-0.4, -0.2) is 34.9 Å². The Morgan fingerprint density at radius 2 is 1.67 bits per heavy atom. The van der Waals surface area contributed by atoms with Gasteiger partial charge in [-0.15, -0.1) is 0 Å². The summed E-state index contributed by atoms with van der Waals surface area (Å²) in [5.41, 5.74) is 0.117. The van der Waals surface area contributed by atoms with Gasteiger partial charge in [-0.05, 0) is 58.0 Å². The third-order valence-electron chi connectivity index (χ3n) is 4.21. The smallest absolute Gasteiger partial charge is 0.261 e. The number of rotatable bonds is 7. The van der Waals surface area contributed by atoms with Crippen molar-refractivity contribution in [3.8, 4) is 5.75 Å². The summed E-state index contributed by atoms with van der Waals surface area (Å²) in [6, 6.07) is 11.1. The summed E-state index contributed by atoms with van der Waals surface area (Å²) >= 11 is 18.5. The Balaban J connectivity index is 2.25. The van der Waals surface area contributed by atoms with Gasteiger partial charge in [-0.25, -0.2) is 0 Å². The fourth-order valence-electron chi connectivity index (χ4n) is 2.70. The number of benzene rings is 2. The molecule has 2 aromatic rings. The molecule has 8 heteroatoms. The Hall–Kier alpha value is -1.95. The van der Waals surface area contributed by atoms with Gasteiger partial charge in [0.2, 0.25) is 5.91 Å². The topological polar surface area (TPSA) is 58.6 Å². The zero-order valence-corrected chi connectivity index (χ0v) is 19.6. The molecule has 0 bridgehead atoms. The first-order valence-corrected chi connectivity index (χ1v) is 10.5. The Morgan fingerprint density at radius 1 is 1.07 bits per heavy atom. The van der Waals surface area contributed by atoms with E-state index in [1.54, 1.807) is 49.4 Å². The fraction of sp³-hybridized carbons (Fsp3) is 0.364. The zero-order valence-electron chi connectivity index (χ0n) is 17.3. The largest absolute Gasteiger partial charge is 0.484 e. The van der Waals surface area contributed by atoms with Gasteiger partial charge in [-0.3, -0.25) is 9.59 Å². The summed E-state index contributed by atoms with van der Waals surface area (Å²) in [7, 11) is 0. The van der Waals surface area contributed by atoms with Crippen LogP contribution in [0.1, 0.15) is 33.3 Å². The lowest BCUT2D eigenvalue weighted by atomic mass is 10.1. The highest BCUT2D eigenvalue weighted by Crippen LogP contribution is 2.27. The van der Waals surface area contributed by atoms with Crippen LogP contribution in [0.5, 0.6) is 5.75 Å². The number of nitrogens with one attached hydrogen (secondary N) is 1. The summed E-state index contributed by atoms with van der Waals surface area (Å²) in [5, 5.41) is 4.22. The van der Waals surface area contributed by atoms with E-state index in [9.17, 15) is 9.59 Å². The monoisotopic (exact) mass is 470 g/mol. The maximum Gasteiger partial charge on any atom is 0.261 e. The fourth-order valence-corrected chi connectivity index (χ4v) is 3.39. The van der Waals surface area contributed by atoms with Gasteiger partial charge in [-0.1, -0.05) is 46.9 Å². The second kappa shape index (κ2) is 10.4. The van der Waals surface area contributed by atoms with Gasteiger partial charge < -0.3 is 15.0 Å². The van der Waals surface area contributed by atoms with Gasteiger partial charge in [-0.2, -0.15) is 0 Å². The second-order valence-corrected chi connectivity index (χ2v) is 9.13. The van der Waals surface area contributed by atoms with Gasteiger partial charge >= 0.3 is 0 Å². The molecule has 0 fully saturated rings. The minimum Gasteiger partial charge on any atom is -0.484 e. The van der Waals surface area contributed by atoms with Crippen molar-refractivity contribution < 1.29 is 14.3 Å². The average Bonchev–Trinajstić information content (AvgIpc) is 2.64. The Labute approximate surface area is 192 Å². The molecule has 2 aromatic carbocycles. The normalized spacial score (nSPS) is 12.2. The van der Waals surface area contributed by atoms with Crippen molar-refractivity contribution in [2.24, 2.45) is 0 Å². The standard InChI is InChI=1S/C22H25Cl3N2O3/c1-14(21(29)26-22(2,3)4)27(12-17-18(24)9-6-10-19(17)25)20(28)13-30-16-8-5-7-15(23)11-16/h5-11,14H,12-13H2,1-4H3,(H,26,29). The number of carbonyl (C=O) groups excluding carboxylic acids is 2. The maximum atomic E-state index is 13.0. The van der Waals surface area contributed by atoms with Crippen LogP contribution in [0.15, 0.2) is 42.5 Å². The quantitative estimate of drug-likeness (QED) is 0.591. The number of hydrogen-bond acceptors (Lipinski definition) is 3. The van der Waals surface area contributed by atoms with Crippen LogP contribution >= 0.6 is 34.8 Å². The molecule has 0 saturated heterocycles. The van der Waals surface area contributed by atoms with E-state index in [0.717, 1.165) is 0 Å². The van der Waals surface area contributed by atoms with Crippen LogP contribution in [0, 0.1) is 0 Å². The predicted octanol–water partition coefficient (Wildman–Crippen LogP) is 5.36. The van der Waals surface area contributed by atoms with Crippen LogP contribution in [0.25, 0.3) is 0 Å². The molecule has 0 heterocycles. The molecule has 162 valence electrons. The van der Waals surface area contributed by atoms with Crippen LogP contribution in [-0.2, 0) is 16.1 Å².